The number of carbonyl (C=O) groups is 10. The molecule has 0 aromatic heterocycles. The average molecular weight is 1200 g/mol. The lowest BCUT2D eigenvalue weighted by Gasteiger charge is -2.30. The topological polar surface area (TPSA) is 328 Å². The van der Waals surface area contributed by atoms with Crippen molar-refractivity contribution < 1.29 is 97.2 Å². The zero-order chi connectivity index (χ0) is 62.6. The molecule has 0 aliphatic rings. The maximum atomic E-state index is 14.0. The number of aliphatic carboxylic acids is 5. The number of carboxylic acid groups (broad SMARTS) is 5. The third kappa shape index (κ3) is 45.9. The van der Waals surface area contributed by atoms with Crippen LogP contribution >= 0.6 is 0 Å². The Balaban J connectivity index is 5.50. The van der Waals surface area contributed by atoms with Crippen LogP contribution in [-0.4, -0.2) is 191 Å². The predicted octanol–water partition coefficient (Wildman–Crippen LogP) is 9.32. The second kappa shape index (κ2) is 52.0. The predicted molar refractivity (Wildman–Crippen MR) is 313 cm³/mol. The Morgan fingerprint density at radius 2 is 0.702 bits per heavy atom. The van der Waals surface area contributed by atoms with Gasteiger partial charge in [0, 0.05) is 45.9 Å². The highest BCUT2D eigenvalue weighted by Gasteiger charge is 2.45. The fraction of sp³-hybridized carbons (Fsp3) is 0.836. The van der Waals surface area contributed by atoms with Crippen LogP contribution < -0.4 is 0 Å². The lowest BCUT2D eigenvalue weighted by molar-refractivity contribution is -0.179. The van der Waals surface area contributed by atoms with E-state index < -0.39 is 124 Å². The average Bonchev–Trinajstić information content (AvgIpc) is 3.58. The van der Waals surface area contributed by atoms with Crippen molar-refractivity contribution in [1.82, 2.24) is 14.7 Å². The van der Waals surface area contributed by atoms with Gasteiger partial charge in [-0.2, -0.15) is 0 Å². The van der Waals surface area contributed by atoms with Crippen molar-refractivity contribution in [2.45, 2.75) is 239 Å². The monoisotopic (exact) mass is 1200 g/mol. The van der Waals surface area contributed by atoms with Gasteiger partial charge in [-0.25, -0.2) is 0 Å². The SMILES string of the molecule is CCCCCCCCCCCCCCCC(=O)OCC(COC(C)=O)(COC(=O)CCCCCCCCCCCCCCC)C(=O)OCCCCCCOC(=O)CC(C(=O)O)N(CCN(CCN(CC(=O)O)CC(=O)O)CC(=O)O)CC(=O)O. The van der Waals surface area contributed by atoms with Gasteiger partial charge in [-0.3, -0.25) is 62.6 Å². The van der Waals surface area contributed by atoms with E-state index in [2.05, 4.69) is 13.8 Å². The highest BCUT2D eigenvalue weighted by molar-refractivity contribution is 5.82. The van der Waals surface area contributed by atoms with Crippen LogP contribution in [0, 0.1) is 5.41 Å². The largest absolute Gasteiger partial charge is 0.480 e. The normalized spacial score (nSPS) is 11.8. The Morgan fingerprint density at radius 1 is 0.369 bits per heavy atom. The number of carboxylic acids is 5. The summed E-state index contributed by atoms with van der Waals surface area (Å²) in [7, 11) is 0. The number of nitrogens with zero attached hydrogens (tertiary/aromatic N) is 3. The molecule has 5 N–H and O–H groups in total. The smallest absolute Gasteiger partial charge is 0.322 e. The van der Waals surface area contributed by atoms with Gasteiger partial charge in [0.2, 0.25) is 0 Å². The van der Waals surface area contributed by atoms with Crippen molar-refractivity contribution in [3.8, 4) is 0 Å². The Bertz CT molecular complexity index is 1790. The Morgan fingerprint density at radius 3 is 1.08 bits per heavy atom. The third-order valence-electron chi connectivity index (χ3n) is 14.4. The van der Waals surface area contributed by atoms with Gasteiger partial charge in [0.1, 0.15) is 25.9 Å². The van der Waals surface area contributed by atoms with Gasteiger partial charge in [0.25, 0.3) is 0 Å². The van der Waals surface area contributed by atoms with Crippen molar-refractivity contribution in [3.63, 3.8) is 0 Å². The first-order chi connectivity index (χ1) is 40.2. The molecule has 0 spiro atoms. The number of esters is 5. The van der Waals surface area contributed by atoms with Gasteiger partial charge in [-0.15, -0.1) is 0 Å². The number of carbonyl (C=O) groups excluding carboxylic acids is 5. The van der Waals surface area contributed by atoms with Crippen LogP contribution in [0.5, 0.6) is 0 Å². The zero-order valence-electron chi connectivity index (χ0n) is 51.3. The molecular weight excluding hydrogens is 1090 g/mol. The summed E-state index contributed by atoms with van der Waals surface area (Å²) in [6, 6.07) is -1.70. The molecule has 0 saturated carbocycles. The summed E-state index contributed by atoms with van der Waals surface area (Å²) in [5, 5.41) is 47.3. The molecule has 0 aliphatic carbocycles. The molecule has 0 fully saturated rings. The zero-order valence-corrected chi connectivity index (χ0v) is 51.3. The molecule has 0 aromatic carbocycles. The molecule has 0 aromatic rings. The van der Waals surface area contributed by atoms with Crippen molar-refractivity contribution in [2.24, 2.45) is 5.41 Å². The van der Waals surface area contributed by atoms with E-state index in [0.29, 0.717) is 38.5 Å². The Hall–Kier alpha value is -5.42. The summed E-state index contributed by atoms with van der Waals surface area (Å²) >= 11 is 0. The van der Waals surface area contributed by atoms with E-state index in [1.165, 1.54) is 108 Å². The van der Waals surface area contributed by atoms with Gasteiger partial charge < -0.3 is 49.2 Å². The second-order valence-corrected chi connectivity index (χ2v) is 22.2. The number of rotatable bonds is 60. The van der Waals surface area contributed by atoms with E-state index in [0.717, 1.165) is 68.1 Å². The van der Waals surface area contributed by atoms with E-state index >= 15 is 0 Å². The fourth-order valence-electron chi connectivity index (χ4n) is 9.48. The molecule has 1 unspecified atom stereocenters. The molecule has 0 amide bonds. The van der Waals surface area contributed by atoms with E-state index in [1.54, 1.807) is 0 Å². The first-order valence-electron chi connectivity index (χ1n) is 31.3. The number of hydrogen-bond donors (Lipinski definition) is 5. The van der Waals surface area contributed by atoms with Crippen LogP contribution in [0.15, 0.2) is 0 Å². The molecular formula is C61H107N3O20. The maximum absolute atomic E-state index is 14.0. The molecule has 0 heterocycles. The van der Waals surface area contributed by atoms with Crippen molar-refractivity contribution in [1.29, 1.82) is 0 Å². The molecule has 0 aliphatic heterocycles. The van der Waals surface area contributed by atoms with Gasteiger partial charge in [-0.05, 0) is 38.5 Å². The summed E-state index contributed by atoms with van der Waals surface area (Å²) in [6.07, 6.45) is 30.6. The van der Waals surface area contributed by atoms with Crippen molar-refractivity contribution >= 4 is 59.7 Å². The van der Waals surface area contributed by atoms with Crippen LogP contribution in [0.2, 0.25) is 0 Å². The molecule has 486 valence electrons. The lowest BCUT2D eigenvalue weighted by Crippen LogP contribution is -2.49. The molecule has 0 bridgehead atoms. The van der Waals surface area contributed by atoms with E-state index in [1.807, 2.05) is 0 Å². The summed E-state index contributed by atoms with van der Waals surface area (Å²) in [5.74, 6) is -10.6. The molecule has 0 rings (SSSR count). The van der Waals surface area contributed by atoms with E-state index in [9.17, 15) is 63.3 Å². The number of ether oxygens (including phenoxy) is 5. The number of hydrogen-bond acceptors (Lipinski definition) is 18. The van der Waals surface area contributed by atoms with Crippen LogP contribution in [0.1, 0.15) is 233 Å². The first kappa shape index (κ1) is 78.6. The van der Waals surface area contributed by atoms with Crippen LogP contribution in [0.4, 0.5) is 0 Å². The summed E-state index contributed by atoms with van der Waals surface area (Å²) in [6.45, 7) is -0.0855. The first-order valence-corrected chi connectivity index (χ1v) is 31.3. The Labute approximate surface area is 499 Å². The van der Waals surface area contributed by atoms with Crippen molar-refractivity contribution in [2.75, 3.05) is 85.4 Å². The minimum Gasteiger partial charge on any atom is -0.480 e. The molecule has 84 heavy (non-hydrogen) atoms. The molecule has 1 atom stereocenters. The Kier molecular flexibility index (Phi) is 48.6. The quantitative estimate of drug-likeness (QED) is 0.0215. The van der Waals surface area contributed by atoms with E-state index in [-0.39, 0.29) is 52.2 Å². The maximum Gasteiger partial charge on any atom is 0.322 e. The fourth-order valence-corrected chi connectivity index (χ4v) is 9.48. The van der Waals surface area contributed by atoms with Crippen molar-refractivity contribution in [3.05, 3.63) is 0 Å². The minimum absolute atomic E-state index is 0.113. The van der Waals surface area contributed by atoms with Crippen LogP contribution in [-0.2, 0) is 71.6 Å². The van der Waals surface area contributed by atoms with Crippen LogP contribution in [0.3, 0.4) is 0 Å². The van der Waals surface area contributed by atoms with Gasteiger partial charge in [-0.1, -0.05) is 168 Å². The highest BCUT2D eigenvalue weighted by Crippen LogP contribution is 2.25. The van der Waals surface area contributed by atoms with E-state index in [4.69, 9.17) is 33.9 Å². The number of unbranched alkanes of at least 4 members (excludes halogenated alkanes) is 27. The summed E-state index contributed by atoms with van der Waals surface area (Å²) in [4.78, 5) is 127. The molecule has 23 heteroatoms. The molecule has 0 saturated heterocycles. The summed E-state index contributed by atoms with van der Waals surface area (Å²) < 4.78 is 27.5. The van der Waals surface area contributed by atoms with Crippen LogP contribution in [0.25, 0.3) is 0 Å². The molecule has 23 nitrogen and oxygen atoms in total. The standard InChI is InChI=1S/C61H107N3O20/c1-4-6-8-10-12-14-16-18-20-22-24-26-30-34-56(74)83-48-61(47-82-50(3)65,49-84-57(75)35-31-27-25-23-21-19-17-15-13-11-9-7-5-2)60(79)81-41-33-29-28-32-40-80-58(76)42-51(59(77)78)64(46-55(72)73)39-38-62(43-52(66)67)36-37-63(44-53(68)69)45-54(70)71/h51H,4-49H2,1-3H3,(H,66,67)(H,68,69)(H,70,71)(H,72,73)(H,77,78). The lowest BCUT2D eigenvalue weighted by atomic mass is 9.91. The molecule has 0 radical (unpaired) electrons. The minimum atomic E-state index is -1.85. The van der Waals surface area contributed by atoms with Gasteiger partial charge in [0.05, 0.1) is 45.8 Å². The summed E-state index contributed by atoms with van der Waals surface area (Å²) in [5.41, 5.74) is -1.85. The van der Waals surface area contributed by atoms with Gasteiger partial charge in [0.15, 0.2) is 5.41 Å². The second-order valence-electron chi connectivity index (χ2n) is 22.2. The van der Waals surface area contributed by atoms with Gasteiger partial charge >= 0.3 is 59.7 Å². The highest BCUT2D eigenvalue weighted by atomic mass is 16.6. The third-order valence-corrected chi connectivity index (χ3v) is 14.4.